The van der Waals surface area contributed by atoms with Crippen LogP contribution in [0.5, 0.6) is 0 Å². The van der Waals surface area contributed by atoms with Gasteiger partial charge in [0.05, 0.1) is 6.61 Å². The molecule has 0 amide bonds. The van der Waals surface area contributed by atoms with E-state index in [-0.39, 0.29) is 12.4 Å². The van der Waals surface area contributed by atoms with Gasteiger partial charge in [-0.2, -0.15) is 4.98 Å². The molecule has 1 heterocycles. The van der Waals surface area contributed by atoms with Gasteiger partial charge in [0, 0.05) is 12.5 Å². The maximum Gasteiger partial charge on any atom is 0.252 e. The first-order valence-corrected chi connectivity index (χ1v) is 6.38. The average Bonchev–Trinajstić information content (AvgIpc) is 2.87. The molecule has 0 saturated carbocycles. The Kier molecular flexibility index (Phi) is 7.22. The summed E-state index contributed by atoms with van der Waals surface area (Å²) in [5, 5.41) is 7.06. The molecule has 20 heavy (non-hydrogen) atoms. The number of halogens is 1. The Hall–Kier alpha value is -1.43. The fourth-order valence-corrected chi connectivity index (χ4v) is 1.64. The lowest BCUT2D eigenvalue weighted by atomic mass is 10.2. The highest BCUT2D eigenvalue weighted by Gasteiger charge is 2.09. The predicted octanol–water partition coefficient (Wildman–Crippen LogP) is 2.36. The quantitative estimate of drug-likeness (QED) is 0.850. The van der Waals surface area contributed by atoms with E-state index in [1.165, 1.54) is 0 Å². The van der Waals surface area contributed by atoms with E-state index in [9.17, 15) is 0 Å². The average molecular weight is 298 g/mol. The van der Waals surface area contributed by atoms with Gasteiger partial charge in [0.25, 0.3) is 5.89 Å². The first-order chi connectivity index (χ1) is 9.28. The van der Waals surface area contributed by atoms with E-state index in [4.69, 9.17) is 9.26 Å². The largest absolute Gasteiger partial charge is 0.367 e. The van der Waals surface area contributed by atoms with Crippen molar-refractivity contribution in [3.8, 4) is 0 Å². The maximum absolute atomic E-state index is 5.54. The molecule has 2 rings (SSSR count). The van der Waals surface area contributed by atoms with Gasteiger partial charge in [-0.1, -0.05) is 35.5 Å². The summed E-state index contributed by atoms with van der Waals surface area (Å²) in [5.74, 6) is 1.23. The standard InChI is InChI=1S/C14H19N3O2.ClH/c1-11(15-2)8-13-16-14(19-17-13)10-18-9-12-6-4-3-5-7-12;/h3-7,11,15H,8-10H2,1-2H3;1H. The summed E-state index contributed by atoms with van der Waals surface area (Å²) in [7, 11) is 1.91. The summed E-state index contributed by atoms with van der Waals surface area (Å²) in [6.07, 6.45) is 0.749. The van der Waals surface area contributed by atoms with Crippen LogP contribution in [0.4, 0.5) is 0 Å². The molecule has 0 fully saturated rings. The summed E-state index contributed by atoms with van der Waals surface area (Å²) in [5.41, 5.74) is 1.13. The zero-order valence-electron chi connectivity index (χ0n) is 11.7. The fraction of sp³-hybridized carbons (Fsp3) is 0.429. The van der Waals surface area contributed by atoms with Crippen molar-refractivity contribution in [2.75, 3.05) is 7.05 Å². The van der Waals surface area contributed by atoms with Crippen molar-refractivity contribution in [2.45, 2.75) is 32.6 Å². The summed E-state index contributed by atoms with van der Waals surface area (Å²) in [6.45, 7) is 2.96. The molecule has 2 aromatic rings. The van der Waals surface area contributed by atoms with E-state index in [2.05, 4.69) is 22.4 Å². The number of rotatable bonds is 7. The van der Waals surface area contributed by atoms with Crippen molar-refractivity contribution in [1.82, 2.24) is 15.5 Å². The van der Waals surface area contributed by atoms with Crippen molar-refractivity contribution in [3.05, 3.63) is 47.6 Å². The molecule has 0 aliphatic heterocycles. The van der Waals surface area contributed by atoms with Crippen LogP contribution in [-0.2, 0) is 24.4 Å². The van der Waals surface area contributed by atoms with E-state index >= 15 is 0 Å². The SMILES string of the molecule is CNC(C)Cc1noc(COCc2ccccc2)n1.Cl. The predicted molar refractivity (Wildman–Crippen MR) is 78.7 cm³/mol. The minimum absolute atomic E-state index is 0. The minimum atomic E-state index is 0. The van der Waals surface area contributed by atoms with Gasteiger partial charge in [-0.25, -0.2) is 0 Å². The molecule has 6 heteroatoms. The van der Waals surface area contributed by atoms with E-state index < -0.39 is 0 Å². The third kappa shape index (κ3) is 5.28. The van der Waals surface area contributed by atoms with Crippen LogP contribution < -0.4 is 5.32 Å². The molecule has 1 aromatic heterocycles. The zero-order chi connectivity index (χ0) is 13.5. The number of ether oxygens (including phenoxy) is 1. The normalized spacial score (nSPS) is 11.9. The lowest BCUT2D eigenvalue weighted by Gasteiger charge is -2.04. The van der Waals surface area contributed by atoms with E-state index in [1.54, 1.807) is 0 Å². The zero-order valence-corrected chi connectivity index (χ0v) is 12.5. The van der Waals surface area contributed by atoms with Gasteiger partial charge in [0.2, 0.25) is 0 Å². The van der Waals surface area contributed by atoms with Gasteiger partial charge in [-0.05, 0) is 19.5 Å². The van der Waals surface area contributed by atoms with Gasteiger partial charge in [0.15, 0.2) is 5.82 Å². The fourth-order valence-electron chi connectivity index (χ4n) is 1.64. The molecule has 1 aromatic carbocycles. The number of benzene rings is 1. The van der Waals surface area contributed by atoms with Crippen molar-refractivity contribution in [1.29, 1.82) is 0 Å². The van der Waals surface area contributed by atoms with E-state index in [0.717, 1.165) is 12.0 Å². The smallest absolute Gasteiger partial charge is 0.252 e. The first kappa shape index (κ1) is 16.6. The van der Waals surface area contributed by atoms with Gasteiger partial charge in [-0.3, -0.25) is 0 Å². The Morgan fingerprint density at radius 2 is 2.00 bits per heavy atom. The highest BCUT2D eigenvalue weighted by Crippen LogP contribution is 2.05. The third-order valence-electron chi connectivity index (χ3n) is 2.83. The summed E-state index contributed by atoms with van der Waals surface area (Å²) in [6, 6.07) is 10.3. The number of aromatic nitrogens is 2. The van der Waals surface area contributed by atoms with Crippen LogP contribution >= 0.6 is 12.4 Å². The lowest BCUT2D eigenvalue weighted by molar-refractivity contribution is 0.0850. The van der Waals surface area contributed by atoms with Crippen LogP contribution in [-0.4, -0.2) is 23.2 Å². The molecule has 0 aliphatic rings. The molecule has 5 nitrogen and oxygen atoms in total. The van der Waals surface area contributed by atoms with Crippen LogP contribution in [0.2, 0.25) is 0 Å². The first-order valence-electron chi connectivity index (χ1n) is 6.38. The topological polar surface area (TPSA) is 60.2 Å². The van der Waals surface area contributed by atoms with Gasteiger partial charge in [-0.15, -0.1) is 12.4 Å². The van der Waals surface area contributed by atoms with E-state index in [1.807, 2.05) is 37.4 Å². The Labute approximate surface area is 125 Å². The van der Waals surface area contributed by atoms with Crippen molar-refractivity contribution >= 4 is 12.4 Å². The summed E-state index contributed by atoms with van der Waals surface area (Å²) < 4.78 is 10.7. The second kappa shape index (κ2) is 8.68. The molecular weight excluding hydrogens is 278 g/mol. The molecule has 110 valence electrons. The summed E-state index contributed by atoms with van der Waals surface area (Å²) in [4.78, 5) is 4.29. The number of nitrogens with one attached hydrogen (secondary N) is 1. The van der Waals surface area contributed by atoms with Crippen molar-refractivity contribution in [2.24, 2.45) is 0 Å². The lowest BCUT2D eigenvalue weighted by Crippen LogP contribution is -2.24. The minimum Gasteiger partial charge on any atom is -0.367 e. The van der Waals surface area contributed by atoms with Crippen LogP contribution in [0, 0.1) is 0 Å². The van der Waals surface area contributed by atoms with Crippen LogP contribution in [0.25, 0.3) is 0 Å². The molecular formula is C14H20ClN3O2. The number of nitrogens with zero attached hydrogens (tertiary/aromatic N) is 2. The van der Waals surface area contributed by atoms with Gasteiger partial charge < -0.3 is 14.6 Å². The molecule has 0 bridgehead atoms. The second-order valence-corrected chi connectivity index (χ2v) is 4.48. The Balaban J connectivity index is 0.00000200. The monoisotopic (exact) mass is 297 g/mol. The van der Waals surface area contributed by atoms with Gasteiger partial charge in [0.1, 0.15) is 6.61 Å². The molecule has 0 saturated heterocycles. The number of hydrogen-bond donors (Lipinski definition) is 1. The number of likely N-dealkylation sites (N-methyl/N-ethyl adjacent to an activating group) is 1. The van der Waals surface area contributed by atoms with Gasteiger partial charge >= 0.3 is 0 Å². The Morgan fingerprint density at radius 3 is 2.70 bits per heavy atom. The Bertz CT molecular complexity index is 490. The second-order valence-electron chi connectivity index (χ2n) is 4.48. The highest BCUT2D eigenvalue weighted by molar-refractivity contribution is 5.85. The molecule has 1 unspecified atom stereocenters. The molecule has 1 atom stereocenters. The van der Waals surface area contributed by atoms with Crippen LogP contribution in [0.3, 0.4) is 0 Å². The molecule has 0 spiro atoms. The van der Waals surface area contributed by atoms with E-state index in [0.29, 0.717) is 31.0 Å². The Morgan fingerprint density at radius 1 is 1.25 bits per heavy atom. The molecule has 0 aliphatic carbocycles. The van der Waals surface area contributed by atoms with Crippen molar-refractivity contribution in [3.63, 3.8) is 0 Å². The third-order valence-corrected chi connectivity index (χ3v) is 2.83. The summed E-state index contributed by atoms with van der Waals surface area (Å²) >= 11 is 0. The maximum atomic E-state index is 5.54. The van der Waals surface area contributed by atoms with Crippen molar-refractivity contribution < 1.29 is 9.26 Å². The van der Waals surface area contributed by atoms with Crippen LogP contribution in [0.15, 0.2) is 34.9 Å². The molecule has 0 radical (unpaired) electrons. The highest BCUT2D eigenvalue weighted by atomic mass is 35.5. The van der Waals surface area contributed by atoms with Crippen LogP contribution in [0.1, 0.15) is 24.2 Å². The molecule has 1 N–H and O–H groups in total. The number of hydrogen-bond acceptors (Lipinski definition) is 5.